The average molecular weight is 318 g/mol. The molecule has 0 saturated heterocycles. The molecule has 0 amide bonds. The van der Waals surface area contributed by atoms with Crippen LogP contribution < -0.4 is 0 Å². The Kier molecular flexibility index (Phi) is 4.58. The molecule has 3 aromatic rings. The van der Waals surface area contributed by atoms with Crippen LogP contribution in [0.5, 0.6) is 0 Å². The van der Waals surface area contributed by atoms with Crippen LogP contribution in [0.15, 0.2) is 88.7 Å². The predicted octanol–water partition coefficient (Wildman–Crippen LogP) is 6.80. The van der Waals surface area contributed by atoms with Crippen LogP contribution in [-0.2, 0) is 5.41 Å². The highest BCUT2D eigenvalue weighted by Gasteiger charge is 2.12. The summed E-state index contributed by atoms with van der Waals surface area (Å²) in [5, 5.41) is 0. The van der Waals surface area contributed by atoms with Gasteiger partial charge in [-0.05, 0) is 46.4 Å². The van der Waals surface area contributed by atoms with Gasteiger partial charge in [-0.3, -0.25) is 0 Å². The second-order valence-corrected chi connectivity index (χ2v) is 7.91. The summed E-state index contributed by atoms with van der Waals surface area (Å²) in [6.45, 7) is 6.74. The molecule has 3 aromatic carbocycles. The third-order valence-electron chi connectivity index (χ3n) is 3.92. The Bertz CT molecular complexity index is 748. The lowest BCUT2D eigenvalue weighted by molar-refractivity contribution is 0.590. The van der Waals surface area contributed by atoms with Gasteiger partial charge in [0.25, 0.3) is 0 Å². The zero-order valence-corrected chi connectivity index (χ0v) is 14.7. The summed E-state index contributed by atoms with van der Waals surface area (Å²) >= 11 is 1.81. The standard InChI is InChI=1S/C22H22S/c1-22(2,3)19-11-15-21(16-12-19)23-20-13-9-18(10-14-20)17-7-5-4-6-8-17/h4-16H,1-3H3. The Morgan fingerprint density at radius 2 is 1.04 bits per heavy atom. The number of rotatable bonds is 3. The molecule has 0 aromatic heterocycles. The highest BCUT2D eigenvalue weighted by molar-refractivity contribution is 7.99. The van der Waals surface area contributed by atoms with Crippen LogP contribution in [0.4, 0.5) is 0 Å². The van der Waals surface area contributed by atoms with Crippen LogP contribution in [0.2, 0.25) is 0 Å². The van der Waals surface area contributed by atoms with Gasteiger partial charge in [0, 0.05) is 9.79 Å². The molecule has 0 radical (unpaired) electrons. The fourth-order valence-electron chi connectivity index (χ4n) is 2.51. The molecule has 116 valence electrons. The van der Waals surface area contributed by atoms with Gasteiger partial charge < -0.3 is 0 Å². The van der Waals surface area contributed by atoms with E-state index in [1.165, 1.54) is 26.5 Å². The zero-order valence-electron chi connectivity index (χ0n) is 13.9. The molecule has 0 saturated carbocycles. The number of benzene rings is 3. The van der Waals surface area contributed by atoms with E-state index in [0.29, 0.717) is 0 Å². The van der Waals surface area contributed by atoms with E-state index < -0.39 is 0 Å². The van der Waals surface area contributed by atoms with E-state index in [0.717, 1.165) is 0 Å². The lowest BCUT2D eigenvalue weighted by atomic mass is 9.87. The summed E-state index contributed by atoms with van der Waals surface area (Å²) in [6, 6.07) is 28.2. The molecular formula is C22H22S. The quantitative estimate of drug-likeness (QED) is 0.511. The van der Waals surface area contributed by atoms with Gasteiger partial charge in [0.05, 0.1) is 0 Å². The Morgan fingerprint density at radius 1 is 0.565 bits per heavy atom. The molecular weight excluding hydrogens is 296 g/mol. The highest BCUT2D eigenvalue weighted by atomic mass is 32.2. The summed E-state index contributed by atoms with van der Waals surface area (Å²) in [5.74, 6) is 0. The van der Waals surface area contributed by atoms with Crippen molar-refractivity contribution in [1.29, 1.82) is 0 Å². The van der Waals surface area contributed by atoms with Crippen LogP contribution in [0.25, 0.3) is 11.1 Å². The Labute approximate surface area is 143 Å². The van der Waals surface area contributed by atoms with Gasteiger partial charge in [0.2, 0.25) is 0 Å². The summed E-state index contributed by atoms with van der Waals surface area (Å²) in [7, 11) is 0. The van der Waals surface area contributed by atoms with Crippen molar-refractivity contribution in [2.45, 2.75) is 36.0 Å². The molecule has 23 heavy (non-hydrogen) atoms. The van der Waals surface area contributed by atoms with Crippen molar-refractivity contribution in [3.63, 3.8) is 0 Å². The van der Waals surface area contributed by atoms with Gasteiger partial charge in [0.15, 0.2) is 0 Å². The van der Waals surface area contributed by atoms with E-state index in [9.17, 15) is 0 Å². The first-order valence-corrected chi connectivity index (χ1v) is 8.78. The SMILES string of the molecule is CC(C)(C)c1ccc(Sc2ccc(-c3ccccc3)cc2)cc1. The van der Waals surface area contributed by atoms with Crippen molar-refractivity contribution < 1.29 is 0 Å². The van der Waals surface area contributed by atoms with Gasteiger partial charge in [-0.2, -0.15) is 0 Å². The molecule has 0 atom stereocenters. The van der Waals surface area contributed by atoms with Gasteiger partial charge in [-0.25, -0.2) is 0 Å². The van der Waals surface area contributed by atoms with Crippen molar-refractivity contribution >= 4 is 11.8 Å². The second-order valence-electron chi connectivity index (χ2n) is 6.77. The molecule has 0 N–H and O–H groups in total. The summed E-state index contributed by atoms with van der Waals surface area (Å²) in [5.41, 5.74) is 4.11. The Morgan fingerprint density at radius 3 is 1.57 bits per heavy atom. The fourth-order valence-corrected chi connectivity index (χ4v) is 3.32. The third kappa shape index (κ3) is 4.05. The first-order chi connectivity index (χ1) is 11.0. The van der Waals surface area contributed by atoms with Gasteiger partial charge >= 0.3 is 0 Å². The summed E-state index contributed by atoms with van der Waals surface area (Å²) in [4.78, 5) is 2.55. The molecule has 3 rings (SSSR count). The Hall–Kier alpha value is -1.99. The van der Waals surface area contributed by atoms with Crippen LogP contribution in [0, 0.1) is 0 Å². The average Bonchev–Trinajstić information content (AvgIpc) is 2.56. The minimum atomic E-state index is 0.209. The molecule has 1 heteroatoms. The minimum absolute atomic E-state index is 0.209. The molecule has 0 heterocycles. The van der Waals surface area contributed by atoms with Crippen molar-refractivity contribution in [3.05, 3.63) is 84.4 Å². The van der Waals surface area contributed by atoms with Gasteiger partial charge in [-0.15, -0.1) is 0 Å². The van der Waals surface area contributed by atoms with E-state index in [4.69, 9.17) is 0 Å². The maximum Gasteiger partial charge on any atom is 0.0122 e. The number of hydrogen-bond acceptors (Lipinski definition) is 1. The van der Waals surface area contributed by atoms with Gasteiger partial charge in [0.1, 0.15) is 0 Å². The lowest BCUT2D eigenvalue weighted by Crippen LogP contribution is -2.10. The molecule has 0 fully saturated rings. The van der Waals surface area contributed by atoms with E-state index in [-0.39, 0.29) is 5.41 Å². The van der Waals surface area contributed by atoms with Crippen molar-refractivity contribution in [2.75, 3.05) is 0 Å². The minimum Gasteiger partial charge on any atom is -0.0901 e. The maximum atomic E-state index is 2.25. The van der Waals surface area contributed by atoms with Gasteiger partial charge in [-0.1, -0.05) is 87.1 Å². The largest absolute Gasteiger partial charge is 0.0901 e. The van der Waals surface area contributed by atoms with Crippen LogP contribution >= 0.6 is 11.8 Å². The summed E-state index contributed by atoms with van der Waals surface area (Å²) in [6.07, 6.45) is 0. The monoisotopic (exact) mass is 318 g/mol. The molecule has 0 bridgehead atoms. The van der Waals surface area contributed by atoms with E-state index in [2.05, 4.69) is 99.6 Å². The van der Waals surface area contributed by atoms with E-state index >= 15 is 0 Å². The fraction of sp³-hybridized carbons (Fsp3) is 0.182. The smallest absolute Gasteiger partial charge is 0.0122 e. The number of hydrogen-bond donors (Lipinski definition) is 0. The van der Waals surface area contributed by atoms with Crippen LogP contribution in [-0.4, -0.2) is 0 Å². The van der Waals surface area contributed by atoms with Crippen molar-refractivity contribution in [2.24, 2.45) is 0 Å². The molecule has 0 aliphatic heterocycles. The third-order valence-corrected chi connectivity index (χ3v) is 4.93. The maximum absolute atomic E-state index is 2.25. The highest BCUT2D eigenvalue weighted by Crippen LogP contribution is 2.31. The molecule has 0 nitrogen and oxygen atoms in total. The van der Waals surface area contributed by atoms with E-state index in [1.54, 1.807) is 0 Å². The van der Waals surface area contributed by atoms with Crippen molar-refractivity contribution in [3.8, 4) is 11.1 Å². The predicted molar refractivity (Wildman–Crippen MR) is 101 cm³/mol. The molecule has 0 aliphatic carbocycles. The van der Waals surface area contributed by atoms with Crippen molar-refractivity contribution in [1.82, 2.24) is 0 Å². The summed E-state index contributed by atoms with van der Waals surface area (Å²) < 4.78 is 0. The van der Waals surface area contributed by atoms with Crippen LogP contribution in [0.1, 0.15) is 26.3 Å². The van der Waals surface area contributed by atoms with E-state index in [1.807, 2.05) is 11.8 Å². The van der Waals surface area contributed by atoms with Crippen LogP contribution in [0.3, 0.4) is 0 Å². The Balaban J connectivity index is 1.74. The zero-order chi connectivity index (χ0) is 16.3. The molecule has 0 aliphatic rings. The normalized spacial score (nSPS) is 11.4. The molecule has 0 spiro atoms. The first-order valence-electron chi connectivity index (χ1n) is 7.96. The molecule has 0 unspecified atom stereocenters. The first kappa shape index (κ1) is 15.9. The lowest BCUT2D eigenvalue weighted by Gasteiger charge is -2.19. The second kappa shape index (κ2) is 6.64. The topological polar surface area (TPSA) is 0 Å².